The van der Waals surface area contributed by atoms with Gasteiger partial charge in [0.2, 0.25) is 0 Å². The van der Waals surface area contributed by atoms with Gasteiger partial charge in [-0.15, -0.1) is 0 Å². The van der Waals surface area contributed by atoms with Crippen LogP contribution in [0, 0.1) is 0 Å². The first-order valence-corrected chi connectivity index (χ1v) is 5.43. The molecule has 0 saturated heterocycles. The molecule has 0 unspecified atom stereocenters. The Labute approximate surface area is 81.6 Å². The monoisotopic (exact) mass is 212 g/mol. The third-order valence-corrected chi connectivity index (χ3v) is 2.79. The molecule has 14 heavy (non-hydrogen) atoms. The summed E-state index contributed by atoms with van der Waals surface area (Å²) in [6.45, 7) is 0.319. The molecule has 1 aromatic rings. The van der Waals surface area contributed by atoms with Gasteiger partial charge in [0.1, 0.15) is 17.3 Å². The molecular weight excluding hydrogens is 204 g/mol. The fourth-order valence-corrected chi connectivity index (χ4v) is 1.99. The van der Waals surface area contributed by atoms with Crippen LogP contribution in [-0.2, 0) is 10.1 Å². The second kappa shape index (κ2) is 3.11. The Balaban J connectivity index is 2.69. The number of hydrogen-bond acceptors (Lipinski definition) is 3. The molecule has 5 heteroatoms. The highest BCUT2D eigenvalue weighted by atomic mass is 32.2. The van der Waals surface area contributed by atoms with Crippen LogP contribution in [0.15, 0.2) is 29.2 Å². The highest BCUT2D eigenvalue weighted by molar-refractivity contribution is 7.86. The van der Waals surface area contributed by atoms with Gasteiger partial charge in [0.25, 0.3) is 10.1 Å². The zero-order chi connectivity index (χ0) is 10.2. The van der Waals surface area contributed by atoms with Crippen molar-refractivity contribution in [1.82, 2.24) is 0 Å². The normalized spacial score (nSPS) is 14.6. The topological polar surface area (TPSA) is 63.6 Å². The Hall–Kier alpha value is -1.33. The summed E-state index contributed by atoms with van der Waals surface area (Å²) in [5, 5.41) is 0. The van der Waals surface area contributed by atoms with Crippen LogP contribution < -0.4 is 4.74 Å². The van der Waals surface area contributed by atoms with Crippen molar-refractivity contribution in [2.75, 3.05) is 6.61 Å². The molecule has 1 aliphatic heterocycles. The number of benzene rings is 1. The molecule has 74 valence electrons. The lowest BCUT2D eigenvalue weighted by Gasteiger charge is -2.14. The molecule has 0 saturated carbocycles. The van der Waals surface area contributed by atoms with E-state index in [9.17, 15) is 8.42 Å². The van der Waals surface area contributed by atoms with E-state index in [4.69, 9.17) is 9.29 Å². The first-order valence-electron chi connectivity index (χ1n) is 3.99. The Kier molecular flexibility index (Phi) is 2.05. The molecule has 1 heterocycles. The minimum Gasteiger partial charge on any atom is -0.487 e. The number of ether oxygens (including phenoxy) is 1. The summed E-state index contributed by atoms with van der Waals surface area (Å²) >= 11 is 0. The molecule has 0 fully saturated rings. The van der Waals surface area contributed by atoms with Gasteiger partial charge >= 0.3 is 0 Å². The smallest absolute Gasteiger partial charge is 0.298 e. The predicted octanol–water partition coefficient (Wildman–Crippen LogP) is 1.34. The fraction of sp³-hybridized carbons (Fsp3) is 0.111. The maximum Gasteiger partial charge on any atom is 0.298 e. The van der Waals surface area contributed by atoms with E-state index in [-0.39, 0.29) is 10.6 Å². The molecule has 0 amide bonds. The zero-order valence-electron chi connectivity index (χ0n) is 7.17. The summed E-state index contributed by atoms with van der Waals surface area (Å²) in [4.78, 5) is -0.181. The summed E-state index contributed by atoms with van der Waals surface area (Å²) < 4.78 is 36.0. The summed E-state index contributed by atoms with van der Waals surface area (Å²) in [6, 6.07) is 4.59. The van der Waals surface area contributed by atoms with Crippen LogP contribution in [0.25, 0.3) is 6.08 Å². The van der Waals surface area contributed by atoms with E-state index in [0.717, 1.165) is 0 Å². The molecule has 0 radical (unpaired) electrons. The van der Waals surface area contributed by atoms with Gasteiger partial charge in [0, 0.05) is 5.56 Å². The average Bonchev–Trinajstić information content (AvgIpc) is 2.15. The quantitative estimate of drug-likeness (QED) is 0.713. The third kappa shape index (κ3) is 1.51. The van der Waals surface area contributed by atoms with E-state index < -0.39 is 10.1 Å². The lowest BCUT2D eigenvalue weighted by molar-refractivity contribution is 0.346. The van der Waals surface area contributed by atoms with E-state index in [0.29, 0.717) is 12.2 Å². The SMILES string of the molecule is O=S(=O)(O)c1cccc2c1OCC=C2. The van der Waals surface area contributed by atoms with Crippen molar-refractivity contribution in [2.24, 2.45) is 0 Å². The first kappa shape index (κ1) is 9.23. The molecule has 1 aliphatic rings. The van der Waals surface area contributed by atoms with Crippen LogP contribution in [0.5, 0.6) is 5.75 Å². The van der Waals surface area contributed by atoms with Gasteiger partial charge in [-0.2, -0.15) is 8.42 Å². The van der Waals surface area contributed by atoms with Gasteiger partial charge in [0.15, 0.2) is 0 Å². The van der Waals surface area contributed by atoms with Gasteiger partial charge in [0.05, 0.1) is 0 Å². The predicted molar refractivity (Wildman–Crippen MR) is 50.8 cm³/mol. The van der Waals surface area contributed by atoms with Crippen LogP contribution in [0.4, 0.5) is 0 Å². The maximum absolute atomic E-state index is 11.0. The van der Waals surface area contributed by atoms with Crippen molar-refractivity contribution >= 4 is 16.2 Å². The second-order valence-electron chi connectivity index (χ2n) is 2.86. The molecule has 0 atom stereocenters. The Bertz CT molecular complexity index is 488. The molecule has 0 aromatic heterocycles. The van der Waals surface area contributed by atoms with Crippen molar-refractivity contribution < 1.29 is 17.7 Å². The summed E-state index contributed by atoms with van der Waals surface area (Å²) in [5.74, 6) is 0.220. The average molecular weight is 212 g/mol. The van der Waals surface area contributed by atoms with E-state index in [1.165, 1.54) is 6.07 Å². The highest BCUT2D eigenvalue weighted by Crippen LogP contribution is 2.30. The molecule has 0 spiro atoms. The van der Waals surface area contributed by atoms with Crippen molar-refractivity contribution in [2.45, 2.75) is 4.90 Å². The van der Waals surface area contributed by atoms with Gasteiger partial charge in [-0.05, 0) is 12.1 Å². The van der Waals surface area contributed by atoms with E-state index in [1.807, 2.05) is 0 Å². The van der Waals surface area contributed by atoms with Crippen LogP contribution in [0.2, 0.25) is 0 Å². The van der Waals surface area contributed by atoms with Gasteiger partial charge < -0.3 is 4.74 Å². The maximum atomic E-state index is 11.0. The molecule has 0 bridgehead atoms. The van der Waals surface area contributed by atoms with E-state index >= 15 is 0 Å². The number of rotatable bonds is 1. The van der Waals surface area contributed by atoms with Crippen molar-refractivity contribution in [1.29, 1.82) is 0 Å². The standard InChI is InChI=1S/C9H8O4S/c10-14(11,12)8-5-1-3-7-4-2-6-13-9(7)8/h1-5H,6H2,(H,10,11,12). The Morgan fingerprint density at radius 3 is 2.86 bits per heavy atom. The van der Waals surface area contributed by atoms with Crippen LogP contribution >= 0.6 is 0 Å². The first-order chi connectivity index (χ1) is 6.59. The molecule has 1 N–H and O–H groups in total. The summed E-state index contributed by atoms with van der Waals surface area (Å²) in [6.07, 6.45) is 3.53. The minimum absolute atomic E-state index is 0.181. The molecule has 4 nitrogen and oxygen atoms in total. The van der Waals surface area contributed by atoms with Crippen molar-refractivity contribution in [3.8, 4) is 5.75 Å². The summed E-state index contributed by atoms with van der Waals surface area (Å²) in [5.41, 5.74) is 0.659. The van der Waals surface area contributed by atoms with Gasteiger partial charge in [-0.1, -0.05) is 18.2 Å². The lowest BCUT2D eigenvalue weighted by atomic mass is 10.1. The van der Waals surface area contributed by atoms with Crippen LogP contribution in [0.1, 0.15) is 5.56 Å². The van der Waals surface area contributed by atoms with E-state index in [1.54, 1.807) is 24.3 Å². The Morgan fingerprint density at radius 2 is 2.14 bits per heavy atom. The molecule has 1 aromatic carbocycles. The van der Waals surface area contributed by atoms with Crippen LogP contribution in [0.3, 0.4) is 0 Å². The minimum atomic E-state index is -4.20. The van der Waals surface area contributed by atoms with Crippen molar-refractivity contribution in [3.05, 3.63) is 29.8 Å². The zero-order valence-corrected chi connectivity index (χ0v) is 7.99. The number of hydrogen-bond donors (Lipinski definition) is 1. The molecule has 2 rings (SSSR count). The third-order valence-electron chi connectivity index (χ3n) is 1.91. The van der Waals surface area contributed by atoms with Gasteiger partial charge in [-0.3, -0.25) is 4.55 Å². The fourth-order valence-electron chi connectivity index (χ4n) is 1.33. The van der Waals surface area contributed by atoms with Crippen molar-refractivity contribution in [3.63, 3.8) is 0 Å². The Morgan fingerprint density at radius 1 is 1.36 bits per heavy atom. The van der Waals surface area contributed by atoms with Crippen LogP contribution in [-0.4, -0.2) is 19.6 Å². The van der Waals surface area contributed by atoms with E-state index in [2.05, 4.69) is 0 Å². The number of fused-ring (bicyclic) bond motifs is 1. The van der Waals surface area contributed by atoms with Gasteiger partial charge in [-0.25, -0.2) is 0 Å². The molecule has 0 aliphatic carbocycles. The largest absolute Gasteiger partial charge is 0.487 e. The summed E-state index contributed by atoms with van der Waals surface area (Å²) in [7, 11) is -4.20. The molecular formula is C9H8O4S. The number of para-hydroxylation sites is 1. The second-order valence-corrected chi connectivity index (χ2v) is 4.25. The highest BCUT2D eigenvalue weighted by Gasteiger charge is 2.19. The lowest BCUT2D eigenvalue weighted by Crippen LogP contribution is -2.07.